The zero-order valence-corrected chi connectivity index (χ0v) is 11.9. The zero-order valence-electron chi connectivity index (χ0n) is 11.9. The topological polar surface area (TPSA) is 76.8 Å². The third-order valence-corrected chi connectivity index (χ3v) is 3.47. The quantitative estimate of drug-likeness (QED) is 0.771. The highest BCUT2D eigenvalue weighted by atomic mass is 16.5. The summed E-state index contributed by atoms with van der Waals surface area (Å²) < 4.78 is 10.7. The van der Waals surface area contributed by atoms with E-state index in [1.54, 1.807) is 20.2 Å². The molecule has 6 nitrogen and oxygen atoms in total. The molecule has 0 bridgehead atoms. The Hall–Kier alpha value is -1.79. The predicted octanol–water partition coefficient (Wildman–Crippen LogP) is 0.224. The zero-order chi connectivity index (χ0) is 14.5. The number of ether oxygens (including phenoxy) is 2. The van der Waals surface area contributed by atoms with Crippen LogP contribution < -0.4 is 15.8 Å². The maximum atomic E-state index is 11.9. The van der Waals surface area contributed by atoms with Gasteiger partial charge in [-0.3, -0.25) is 9.69 Å². The maximum absolute atomic E-state index is 11.9. The van der Waals surface area contributed by atoms with E-state index in [2.05, 4.69) is 10.2 Å². The Morgan fingerprint density at radius 3 is 3.10 bits per heavy atom. The summed E-state index contributed by atoms with van der Waals surface area (Å²) in [5.41, 5.74) is 7.49. The molecule has 1 unspecified atom stereocenters. The summed E-state index contributed by atoms with van der Waals surface area (Å²) in [6, 6.07) is 5.26. The number of likely N-dealkylation sites (N-methyl/N-ethyl adjacent to an activating group) is 1. The number of hydrogen-bond acceptors (Lipinski definition) is 5. The Bertz CT molecular complexity index is 479. The molecular weight excluding hydrogens is 258 g/mol. The van der Waals surface area contributed by atoms with E-state index in [4.69, 9.17) is 15.2 Å². The van der Waals surface area contributed by atoms with Crippen LogP contribution in [0.2, 0.25) is 0 Å². The summed E-state index contributed by atoms with van der Waals surface area (Å²) >= 11 is 0. The van der Waals surface area contributed by atoms with Crippen LogP contribution in [0.3, 0.4) is 0 Å². The Balaban J connectivity index is 2.18. The van der Waals surface area contributed by atoms with E-state index in [0.29, 0.717) is 32.0 Å². The number of nitrogens with two attached hydrogens (primary N) is 1. The smallest absolute Gasteiger partial charge is 0.239 e. The molecule has 0 spiro atoms. The largest absolute Gasteiger partial charge is 0.496 e. The summed E-state index contributed by atoms with van der Waals surface area (Å²) in [6.45, 7) is 2.34. The van der Waals surface area contributed by atoms with Crippen molar-refractivity contribution in [2.45, 2.75) is 12.6 Å². The first-order chi connectivity index (χ1) is 9.65. The van der Waals surface area contributed by atoms with E-state index in [9.17, 15) is 4.79 Å². The normalized spacial score (nSPS) is 19.6. The van der Waals surface area contributed by atoms with E-state index in [0.717, 1.165) is 11.3 Å². The van der Waals surface area contributed by atoms with Gasteiger partial charge in [0.05, 0.1) is 20.3 Å². The Kier molecular flexibility index (Phi) is 4.81. The summed E-state index contributed by atoms with van der Waals surface area (Å²) in [6.07, 6.45) is 0. The number of nitrogen functional groups attached to an aromatic ring is 1. The highest BCUT2D eigenvalue weighted by Crippen LogP contribution is 2.24. The fourth-order valence-corrected chi connectivity index (χ4v) is 2.38. The molecule has 0 saturated carbocycles. The standard InChI is InChI=1S/C14H21N3O3/c1-16-14(18)12-9-20-6-5-17(12)8-10-7-11(15)3-4-13(10)19-2/h3-4,7,12H,5-6,8-9,15H2,1-2H3,(H,16,18). The Morgan fingerprint density at radius 2 is 2.40 bits per heavy atom. The molecule has 1 aliphatic rings. The van der Waals surface area contributed by atoms with Crippen molar-refractivity contribution in [1.82, 2.24) is 10.2 Å². The second-order valence-electron chi connectivity index (χ2n) is 4.75. The molecule has 6 heteroatoms. The number of rotatable bonds is 4. The third-order valence-electron chi connectivity index (χ3n) is 3.47. The van der Waals surface area contributed by atoms with Crippen LogP contribution >= 0.6 is 0 Å². The first-order valence-corrected chi connectivity index (χ1v) is 6.61. The van der Waals surface area contributed by atoms with Gasteiger partial charge in [-0.25, -0.2) is 0 Å². The van der Waals surface area contributed by atoms with Gasteiger partial charge in [0.25, 0.3) is 0 Å². The highest BCUT2D eigenvalue weighted by Gasteiger charge is 2.29. The number of amides is 1. The Morgan fingerprint density at radius 1 is 1.60 bits per heavy atom. The number of nitrogens with one attached hydrogen (secondary N) is 1. The minimum Gasteiger partial charge on any atom is -0.496 e. The molecular formula is C14H21N3O3. The number of benzene rings is 1. The van der Waals surface area contributed by atoms with Crippen molar-refractivity contribution in [1.29, 1.82) is 0 Å². The van der Waals surface area contributed by atoms with Crippen molar-refractivity contribution in [2.24, 2.45) is 0 Å². The first-order valence-electron chi connectivity index (χ1n) is 6.61. The molecule has 110 valence electrons. The van der Waals surface area contributed by atoms with E-state index >= 15 is 0 Å². The van der Waals surface area contributed by atoms with Crippen molar-refractivity contribution in [2.75, 3.05) is 39.6 Å². The molecule has 0 radical (unpaired) electrons. The summed E-state index contributed by atoms with van der Waals surface area (Å²) in [5.74, 6) is 0.744. The molecule has 1 amide bonds. The van der Waals surface area contributed by atoms with Gasteiger partial charge in [-0.15, -0.1) is 0 Å². The van der Waals surface area contributed by atoms with Crippen LogP contribution in [0.5, 0.6) is 5.75 Å². The van der Waals surface area contributed by atoms with Crippen LogP contribution in [0.15, 0.2) is 18.2 Å². The fourth-order valence-electron chi connectivity index (χ4n) is 2.38. The SMILES string of the molecule is CNC(=O)C1COCCN1Cc1cc(N)ccc1OC. The van der Waals surface area contributed by atoms with Gasteiger partial charge in [-0.05, 0) is 18.2 Å². The molecule has 0 aromatic heterocycles. The van der Waals surface area contributed by atoms with Crippen molar-refractivity contribution in [3.05, 3.63) is 23.8 Å². The average Bonchev–Trinajstić information content (AvgIpc) is 2.47. The average molecular weight is 279 g/mol. The molecule has 1 aliphatic heterocycles. The van der Waals surface area contributed by atoms with Crippen molar-refractivity contribution in [3.8, 4) is 5.75 Å². The van der Waals surface area contributed by atoms with Crippen LogP contribution in [-0.4, -0.2) is 50.8 Å². The van der Waals surface area contributed by atoms with Crippen molar-refractivity contribution < 1.29 is 14.3 Å². The van der Waals surface area contributed by atoms with Gasteiger partial charge in [0.1, 0.15) is 11.8 Å². The van der Waals surface area contributed by atoms with Gasteiger partial charge < -0.3 is 20.5 Å². The van der Waals surface area contributed by atoms with Gasteiger partial charge in [0.15, 0.2) is 0 Å². The maximum Gasteiger partial charge on any atom is 0.239 e. The lowest BCUT2D eigenvalue weighted by Crippen LogP contribution is -2.52. The summed E-state index contributed by atoms with van der Waals surface area (Å²) in [7, 11) is 3.26. The van der Waals surface area contributed by atoms with Crippen molar-refractivity contribution >= 4 is 11.6 Å². The number of morpholine rings is 1. The minimum atomic E-state index is -0.278. The van der Waals surface area contributed by atoms with Crippen LogP contribution in [-0.2, 0) is 16.1 Å². The number of methoxy groups -OCH3 is 1. The van der Waals surface area contributed by atoms with Crippen molar-refractivity contribution in [3.63, 3.8) is 0 Å². The number of hydrogen-bond donors (Lipinski definition) is 2. The number of nitrogens with zero attached hydrogens (tertiary/aromatic N) is 1. The Labute approximate surface area is 118 Å². The molecule has 1 aromatic carbocycles. The lowest BCUT2D eigenvalue weighted by Gasteiger charge is -2.34. The van der Waals surface area contributed by atoms with Gasteiger partial charge in [-0.1, -0.05) is 0 Å². The minimum absolute atomic E-state index is 0.0347. The van der Waals surface area contributed by atoms with Crippen LogP contribution in [0.1, 0.15) is 5.56 Å². The molecule has 1 atom stereocenters. The van der Waals surface area contributed by atoms with E-state index in [1.807, 2.05) is 12.1 Å². The van der Waals surface area contributed by atoms with Gasteiger partial charge in [-0.2, -0.15) is 0 Å². The van der Waals surface area contributed by atoms with Gasteiger partial charge in [0, 0.05) is 31.4 Å². The van der Waals surface area contributed by atoms with Crippen LogP contribution in [0, 0.1) is 0 Å². The van der Waals surface area contributed by atoms with E-state index in [-0.39, 0.29) is 11.9 Å². The monoisotopic (exact) mass is 279 g/mol. The highest BCUT2D eigenvalue weighted by molar-refractivity contribution is 5.81. The lowest BCUT2D eigenvalue weighted by atomic mass is 10.1. The first kappa shape index (κ1) is 14.6. The fraction of sp³-hybridized carbons (Fsp3) is 0.500. The number of carbonyl (C=O) groups is 1. The van der Waals surface area contributed by atoms with E-state index < -0.39 is 0 Å². The molecule has 2 rings (SSSR count). The van der Waals surface area contributed by atoms with E-state index in [1.165, 1.54) is 0 Å². The molecule has 1 fully saturated rings. The molecule has 3 N–H and O–H groups in total. The molecule has 1 heterocycles. The number of carbonyl (C=O) groups excluding carboxylic acids is 1. The lowest BCUT2D eigenvalue weighted by molar-refractivity contribution is -0.132. The second kappa shape index (κ2) is 6.58. The van der Waals surface area contributed by atoms with Crippen LogP contribution in [0.4, 0.5) is 5.69 Å². The predicted molar refractivity (Wildman–Crippen MR) is 76.5 cm³/mol. The van der Waals surface area contributed by atoms with Gasteiger partial charge >= 0.3 is 0 Å². The molecule has 1 saturated heterocycles. The molecule has 1 aromatic rings. The summed E-state index contributed by atoms with van der Waals surface area (Å²) in [5, 5.41) is 2.67. The van der Waals surface area contributed by atoms with Crippen LogP contribution in [0.25, 0.3) is 0 Å². The molecule has 0 aliphatic carbocycles. The van der Waals surface area contributed by atoms with Gasteiger partial charge in [0.2, 0.25) is 5.91 Å². The number of anilines is 1. The molecule has 20 heavy (non-hydrogen) atoms. The second-order valence-corrected chi connectivity index (χ2v) is 4.75. The summed E-state index contributed by atoms with van der Waals surface area (Å²) in [4.78, 5) is 14.0. The third kappa shape index (κ3) is 3.20.